The summed E-state index contributed by atoms with van der Waals surface area (Å²) in [7, 11) is 1.60. The van der Waals surface area contributed by atoms with Crippen molar-refractivity contribution in [3.8, 4) is 17.2 Å². The van der Waals surface area contributed by atoms with E-state index in [1.54, 1.807) is 31.4 Å². The Labute approximate surface area is 130 Å². The van der Waals surface area contributed by atoms with Gasteiger partial charge in [-0.3, -0.25) is 0 Å². The molecule has 22 heavy (non-hydrogen) atoms. The van der Waals surface area contributed by atoms with Crippen molar-refractivity contribution in [3.05, 3.63) is 48.5 Å². The van der Waals surface area contributed by atoms with Gasteiger partial charge in [-0.25, -0.2) is 4.79 Å². The highest BCUT2D eigenvalue weighted by Gasteiger charge is 2.05. The molecule has 0 atom stereocenters. The SMILES string of the molecule is CCCNC(=O)Nc1ccc(Oc2ccccc2OC)cc1. The molecule has 0 heterocycles. The maximum atomic E-state index is 11.6. The lowest BCUT2D eigenvalue weighted by molar-refractivity contribution is 0.252. The second kappa shape index (κ2) is 7.93. The van der Waals surface area contributed by atoms with Gasteiger partial charge in [0.25, 0.3) is 0 Å². The smallest absolute Gasteiger partial charge is 0.319 e. The first-order chi connectivity index (χ1) is 10.7. The molecule has 0 spiro atoms. The summed E-state index contributed by atoms with van der Waals surface area (Å²) in [6, 6.07) is 14.4. The number of carbonyl (C=O) groups is 1. The first-order valence-corrected chi connectivity index (χ1v) is 7.18. The second-order valence-electron chi connectivity index (χ2n) is 4.66. The van der Waals surface area contributed by atoms with E-state index in [2.05, 4.69) is 10.6 Å². The number of urea groups is 1. The molecular weight excluding hydrogens is 280 g/mol. The van der Waals surface area contributed by atoms with E-state index < -0.39 is 0 Å². The number of benzene rings is 2. The number of methoxy groups -OCH3 is 1. The molecule has 2 amide bonds. The van der Waals surface area contributed by atoms with Gasteiger partial charge < -0.3 is 20.1 Å². The van der Waals surface area contributed by atoms with Crippen LogP contribution in [0.3, 0.4) is 0 Å². The monoisotopic (exact) mass is 300 g/mol. The maximum Gasteiger partial charge on any atom is 0.319 e. The van der Waals surface area contributed by atoms with Crippen molar-refractivity contribution < 1.29 is 14.3 Å². The number of hydrogen-bond acceptors (Lipinski definition) is 3. The lowest BCUT2D eigenvalue weighted by Crippen LogP contribution is -2.29. The fraction of sp³-hybridized carbons (Fsp3) is 0.235. The van der Waals surface area contributed by atoms with E-state index in [1.807, 2.05) is 31.2 Å². The largest absolute Gasteiger partial charge is 0.493 e. The number of carbonyl (C=O) groups excluding carboxylic acids is 1. The number of para-hydroxylation sites is 2. The molecule has 2 aromatic rings. The average molecular weight is 300 g/mol. The number of rotatable bonds is 6. The van der Waals surface area contributed by atoms with Crippen molar-refractivity contribution in [1.82, 2.24) is 5.32 Å². The highest BCUT2D eigenvalue weighted by Crippen LogP contribution is 2.31. The molecule has 5 heteroatoms. The number of hydrogen-bond donors (Lipinski definition) is 2. The molecule has 0 aliphatic rings. The topological polar surface area (TPSA) is 59.6 Å². The van der Waals surface area contributed by atoms with Gasteiger partial charge in [0.05, 0.1) is 7.11 Å². The standard InChI is InChI=1S/C17H20N2O3/c1-3-12-18-17(20)19-13-8-10-14(11-9-13)22-16-7-5-4-6-15(16)21-2/h4-11H,3,12H2,1-2H3,(H2,18,19,20). The molecule has 0 unspecified atom stereocenters. The van der Waals surface area contributed by atoms with Crippen LogP contribution >= 0.6 is 0 Å². The Kier molecular flexibility index (Phi) is 5.65. The Morgan fingerprint density at radius 1 is 1.05 bits per heavy atom. The highest BCUT2D eigenvalue weighted by atomic mass is 16.5. The number of ether oxygens (including phenoxy) is 2. The molecule has 2 aromatic carbocycles. The quantitative estimate of drug-likeness (QED) is 0.847. The van der Waals surface area contributed by atoms with E-state index in [1.165, 1.54) is 0 Å². The van der Waals surface area contributed by atoms with Crippen LogP contribution in [0.5, 0.6) is 17.2 Å². The fourth-order valence-electron chi connectivity index (χ4n) is 1.85. The van der Waals surface area contributed by atoms with Gasteiger partial charge in [0.2, 0.25) is 0 Å². The molecule has 116 valence electrons. The van der Waals surface area contributed by atoms with Gasteiger partial charge in [-0.1, -0.05) is 19.1 Å². The molecule has 0 aliphatic heterocycles. The van der Waals surface area contributed by atoms with Crippen LogP contribution in [0.25, 0.3) is 0 Å². The summed E-state index contributed by atoms with van der Waals surface area (Å²) in [6.45, 7) is 2.66. The van der Waals surface area contributed by atoms with Crippen LogP contribution < -0.4 is 20.1 Å². The molecule has 0 aliphatic carbocycles. The minimum Gasteiger partial charge on any atom is -0.493 e. The minimum absolute atomic E-state index is 0.208. The van der Waals surface area contributed by atoms with Crippen molar-refractivity contribution in [2.24, 2.45) is 0 Å². The summed E-state index contributed by atoms with van der Waals surface area (Å²) in [4.78, 5) is 11.6. The third-order valence-corrected chi connectivity index (χ3v) is 2.94. The van der Waals surface area contributed by atoms with E-state index in [0.717, 1.165) is 6.42 Å². The molecule has 0 aromatic heterocycles. The molecule has 0 saturated carbocycles. The van der Waals surface area contributed by atoms with E-state index in [4.69, 9.17) is 9.47 Å². The molecule has 0 radical (unpaired) electrons. The third kappa shape index (κ3) is 4.41. The Morgan fingerprint density at radius 3 is 2.36 bits per heavy atom. The van der Waals surface area contributed by atoms with Crippen molar-refractivity contribution in [2.45, 2.75) is 13.3 Å². The first kappa shape index (κ1) is 15.7. The van der Waals surface area contributed by atoms with Crippen LogP contribution in [0.15, 0.2) is 48.5 Å². The van der Waals surface area contributed by atoms with Crippen LogP contribution in [0.2, 0.25) is 0 Å². The highest BCUT2D eigenvalue weighted by molar-refractivity contribution is 5.89. The summed E-state index contributed by atoms with van der Waals surface area (Å²) in [5.74, 6) is 1.99. The van der Waals surface area contributed by atoms with Gasteiger partial charge in [0, 0.05) is 12.2 Å². The Hall–Kier alpha value is -2.69. The molecule has 0 bridgehead atoms. The molecule has 0 saturated heterocycles. The predicted molar refractivity (Wildman–Crippen MR) is 86.8 cm³/mol. The third-order valence-electron chi connectivity index (χ3n) is 2.94. The fourth-order valence-corrected chi connectivity index (χ4v) is 1.85. The van der Waals surface area contributed by atoms with Gasteiger partial charge >= 0.3 is 6.03 Å². The summed E-state index contributed by atoms with van der Waals surface area (Å²) < 4.78 is 11.0. The van der Waals surface area contributed by atoms with Crippen molar-refractivity contribution in [2.75, 3.05) is 19.0 Å². The lowest BCUT2D eigenvalue weighted by Gasteiger charge is -2.11. The van der Waals surface area contributed by atoms with Gasteiger partial charge in [-0.2, -0.15) is 0 Å². The molecule has 2 rings (SSSR count). The van der Waals surface area contributed by atoms with E-state index in [9.17, 15) is 4.79 Å². The zero-order chi connectivity index (χ0) is 15.8. The summed E-state index contributed by atoms with van der Waals surface area (Å²) in [6.07, 6.45) is 0.902. The average Bonchev–Trinajstić information content (AvgIpc) is 2.55. The molecule has 5 nitrogen and oxygen atoms in total. The van der Waals surface area contributed by atoms with Gasteiger partial charge in [0.15, 0.2) is 11.5 Å². The number of amides is 2. The van der Waals surface area contributed by atoms with E-state index in [0.29, 0.717) is 29.5 Å². The van der Waals surface area contributed by atoms with Crippen LogP contribution in [-0.4, -0.2) is 19.7 Å². The summed E-state index contributed by atoms with van der Waals surface area (Å²) in [5, 5.41) is 5.51. The van der Waals surface area contributed by atoms with Crippen LogP contribution in [-0.2, 0) is 0 Å². The van der Waals surface area contributed by atoms with Gasteiger partial charge in [0.1, 0.15) is 5.75 Å². The summed E-state index contributed by atoms with van der Waals surface area (Å²) in [5.41, 5.74) is 0.709. The van der Waals surface area contributed by atoms with Crippen molar-refractivity contribution in [3.63, 3.8) is 0 Å². The normalized spacial score (nSPS) is 9.91. The van der Waals surface area contributed by atoms with Crippen LogP contribution in [0.1, 0.15) is 13.3 Å². The molecule has 2 N–H and O–H groups in total. The Morgan fingerprint density at radius 2 is 1.73 bits per heavy atom. The van der Waals surface area contributed by atoms with Crippen LogP contribution in [0, 0.1) is 0 Å². The maximum absolute atomic E-state index is 11.6. The van der Waals surface area contributed by atoms with E-state index >= 15 is 0 Å². The van der Waals surface area contributed by atoms with Gasteiger partial charge in [-0.15, -0.1) is 0 Å². The number of anilines is 1. The minimum atomic E-state index is -0.208. The Bertz CT molecular complexity index is 612. The predicted octanol–water partition coefficient (Wildman–Crippen LogP) is 4.02. The summed E-state index contributed by atoms with van der Waals surface area (Å²) >= 11 is 0. The molecule has 0 fully saturated rings. The second-order valence-corrected chi connectivity index (χ2v) is 4.66. The van der Waals surface area contributed by atoms with Crippen LogP contribution in [0.4, 0.5) is 10.5 Å². The van der Waals surface area contributed by atoms with Gasteiger partial charge in [-0.05, 0) is 42.8 Å². The zero-order valence-corrected chi connectivity index (χ0v) is 12.8. The van der Waals surface area contributed by atoms with Crippen molar-refractivity contribution >= 4 is 11.7 Å². The van der Waals surface area contributed by atoms with E-state index in [-0.39, 0.29) is 6.03 Å². The first-order valence-electron chi connectivity index (χ1n) is 7.18. The Balaban J connectivity index is 1.98. The molecular formula is C17H20N2O3. The lowest BCUT2D eigenvalue weighted by atomic mass is 10.3. The zero-order valence-electron chi connectivity index (χ0n) is 12.8. The van der Waals surface area contributed by atoms with Crippen molar-refractivity contribution in [1.29, 1.82) is 0 Å². The number of nitrogens with one attached hydrogen (secondary N) is 2.